The number of carbonyl (C=O) groups is 2. The molecule has 0 bridgehead atoms. The Labute approximate surface area is 145 Å². The van der Waals surface area contributed by atoms with Crippen LogP contribution in [0.3, 0.4) is 0 Å². The van der Waals surface area contributed by atoms with Crippen molar-refractivity contribution in [2.24, 2.45) is 0 Å². The second-order valence-corrected chi connectivity index (χ2v) is 6.80. The van der Waals surface area contributed by atoms with E-state index in [2.05, 4.69) is 10.3 Å². The van der Waals surface area contributed by atoms with E-state index in [0.717, 1.165) is 10.6 Å². The zero-order valence-electron chi connectivity index (χ0n) is 13.5. The van der Waals surface area contributed by atoms with Gasteiger partial charge in [-0.2, -0.15) is 0 Å². The molecule has 126 valence electrons. The minimum absolute atomic E-state index is 0.00611. The van der Waals surface area contributed by atoms with Crippen LogP contribution in [0.5, 0.6) is 0 Å². The van der Waals surface area contributed by atoms with Crippen molar-refractivity contribution in [2.75, 3.05) is 17.2 Å². The van der Waals surface area contributed by atoms with E-state index < -0.39 is 0 Å². The van der Waals surface area contributed by atoms with Crippen molar-refractivity contribution in [3.63, 3.8) is 0 Å². The van der Waals surface area contributed by atoms with E-state index in [1.54, 1.807) is 29.2 Å². The number of nitrogens with one attached hydrogen (secondary N) is 1. The molecule has 0 saturated heterocycles. The lowest BCUT2D eigenvalue weighted by Crippen LogP contribution is -2.40. The molecule has 0 saturated carbocycles. The number of fused-ring (bicyclic) bond motifs is 1. The molecule has 0 radical (unpaired) electrons. The highest BCUT2D eigenvalue weighted by atomic mass is 32.2. The zero-order chi connectivity index (χ0) is 16.9. The number of hydrogen-bond acceptors (Lipinski definition) is 4. The van der Waals surface area contributed by atoms with Gasteiger partial charge in [0.25, 0.3) is 0 Å². The predicted octanol–water partition coefficient (Wildman–Crippen LogP) is 1.92. The monoisotopic (exact) mass is 344 g/mol. The lowest BCUT2D eigenvalue weighted by atomic mass is 10.2. The molecule has 1 aliphatic heterocycles. The Balaban J connectivity index is 1.53. The summed E-state index contributed by atoms with van der Waals surface area (Å²) in [6.07, 6.45) is 5.60. The van der Waals surface area contributed by atoms with Crippen LogP contribution in [-0.2, 0) is 16.1 Å². The van der Waals surface area contributed by atoms with E-state index in [0.29, 0.717) is 25.3 Å². The van der Waals surface area contributed by atoms with Gasteiger partial charge in [-0.15, -0.1) is 11.8 Å². The first kappa shape index (κ1) is 16.6. The van der Waals surface area contributed by atoms with Crippen LogP contribution in [0, 0.1) is 0 Å². The molecule has 3 rings (SSSR count). The van der Waals surface area contributed by atoms with Crippen molar-refractivity contribution < 1.29 is 9.59 Å². The topological polar surface area (TPSA) is 67.2 Å². The van der Waals surface area contributed by atoms with Gasteiger partial charge in [0.15, 0.2) is 0 Å². The minimum Gasteiger partial charge on any atom is -0.352 e. The second-order valence-electron chi connectivity index (χ2n) is 5.78. The van der Waals surface area contributed by atoms with Gasteiger partial charge in [-0.05, 0) is 19.1 Å². The summed E-state index contributed by atoms with van der Waals surface area (Å²) >= 11 is 1.55. The SMILES string of the molecule is CC(Cn1ccnc1)NC(=O)CCN1C(=O)CSc2ccccc21. The molecular weight excluding hydrogens is 324 g/mol. The molecule has 1 aromatic heterocycles. The number of benzene rings is 1. The molecule has 2 aromatic rings. The van der Waals surface area contributed by atoms with Gasteiger partial charge in [-0.3, -0.25) is 9.59 Å². The Kier molecular flexibility index (Phi) is 5.20. The molecule has 6 nitrogen and oxygen atoms in total. The lowest BCUT2D eigenvalue weighted by molar-refractivity contribution is -0.121. The van der Waals surface area contributed by atoms with Gasteiger partial charge < -0.3 is 14.8 Å². The highest BCUT2D eigenvalue weighted by molar-refractivity contribution is 8.00. The summed E-state index contributed by atoms with van der Waals surface area (Å²) in [5.74, 6) is 0.430. The first-order chi connectivity index (χ1) is 11.6. The molecule has 1 aliphatic rings. The second kappa shape index (κ2) is 7.53. The Morgan fingerprint density at radius 1 is 1.42 bits per heavy atom. The molecule has 0 fully saturated rings. The third-order valence-corrected chi connectivity index (χ3v) is 4.87. The summed E-state index contributed by atoms with van der Waals surface area (Å²) in [7, 11) is 0. The fraction of sp³-hybridized carbons (Fsp3) is 0.353. The molecule has 1 unspecified atom stereocenters. The average molecular weight is 344 g/mol. The molecule has 2 heterocycles. The maximum Gasteiger partial charge on any atom is 0.237 e. The molecule has 1 aromatic carbocycles. The van der Waals surface area contributed by atoms with Crippen LogP contribution in [0.1, 0.15) is 13.3 Å². The number of imidazole rings is 1. The van der Waals surface area contributed by atoms with Gasteiger partial charge in [-0.25, -0.2) is 4.98 Å². The fourth-order valence-electron chi connectivity index (χ4n) is 2.72. The molecule has 2 amide bonds. The maximum absolute atomic E-state index is 12.2. The highest BCUT2D eigenvalue weighted by Crippen LogP contribution is 2.34. The Morgan fingerprint density at radius 2 is 2.25 bits per heavy atom. The molecule has 24 heavy (non-hydrogen) atoms. The molecular formula is C17H20N4O2S. The summed E-state index contributed by atoms with van der Waals surface area (Å²) in [5.41, 5.74) is 0.901. The zero-order valence-corrected chi connectivity index (χ0v) is 14.3. The van der Waals surface area contributed by atoms with Crippen molar-refractivity contribution >= 4 is 29.3 Å². The lowest BCUT2D eigenvalue weighted by Gasteiger charge is -2.28. The van der Waals surface area contributed by atoms with Crippen LogP contribution in [0.15, 0.2) is 47.9 Å². The number of para-hydroxylation sites is 1. The van der Waals surface area contributed by atoms with Gasteiger partial charge in [0.2, 0.25) is 11.8 Å². The number of anilines is 1. The van der Waals surface area contributed by atoms with Crippen LogP contribution in [0.4, 0.5) is 5.69 Å². The van der Waals surface area contributed by atoms with Crippen molar-refractivity contribution in [2.45, 2.75) is 30.8 Å². The quantitative estimate of drug-likeness (QED) is 0.869. The number of carbonyl (C=O) groups excluding carboxylic acids is 2. The van der Waals surface area contributed by atoms with Crippen LogP contribution in [0.25, 0.3) is 0 Å². The van der Waals surface area contributed by atoms with Crippen molar-refractivity contribution in [1.82, 2.24) is 14.9 Å². The molecule has 1 atom stereocenters. The summed E-state index contributed by atoms with van der Waals surface area (Å²) in [6, 6.07) is 7.82. The third kappa shape index (κ3) is 3.97. The molecule has 0 spiro atoms. The summed E-state index contributed by atoms with van der Waals surface area (Å²) < 4.78 is 1.92. The van der Waals surface area contributed by atoms with Crippen molar-refractivity contribution in [3.05, 3.63) is 43.0 Å². The number of amides is 2. The van der Waals surface area contributed by atoms with E-state index in [4.69, 9.17) is 0 Å². The number of aromatic nitrogens is 2. The van der Waals surface area contributed by atoms with Gasteiger partial charge in [0.1, 0.15) is 0 Å². The van der Waals surface area contributed by atoms with Crippen LogP contribution in [0.2, 0.25) is 0 Å². The average Bonchev–Trinajstić information content (AvgIpc) is 3.06. The minimum atomic E-state index is -0.0499. The van der Waals surface area contributed by atoms with E-state index >= 15 is 0 Å². The van der Waals surface area contributed by atoms with E-state index in [1.165, 1.54) is 0 Å². The Morgan fingerprint density at radius 3 is 3.04 bits per heavy atom. The standard InChI is InChI=1S/C17H20N4O2S/c1-13(10-20-9-7-18-12-20)19-16(22)6-8-21-14-4-2-3-5-15(14)24-11-17(21)23/h2-5,7,9,12-13H,6,8,10-11H2,1H3,(H,19,22). The Hall–Kier alpha value is -2.28. The first-order valence-electron chi connectivity index (χ1n) is 7.91. The first-order valence-corrected chi connectivity index (χ1v) is 8.89. The van der Waals surface area contributed by atoms with E-state index in [-0.39, 0.29) is 17.9 Å². The molecule has 7 heteroatoms. The van der Waals surface area contributed by atoms with Crippen molar-refractivity contribution in [1.29, 1.82) is 0 Å². The highest BCUT2D eigenvalue weighted by Gasteiger charge is 2.24. The van der Waals surface area contributed by atoms with Crippen LogP contribution >= 0.6 is 11.8 Å². The molecule has 0 aliphatic carbocycles. The maximum atomic E-state index is 12.2. The van der Waals surface area contributed by atoms with E-state index in [1.807, 2.05) is 42.0 Å². The van der Waals surface area contributed by atoms with Gasteiger partial charge in [-0.1, -0.05) is 12.1 Å². The van der Waals surface area contributed by atoms with Crippen molar-refractivity contribution in [3.8, 4) is 0 Å². The number of thioether (sulfide) groups is 1. The molecule has 1 N–H and O–H groups in total. The van der Waals surface area contributed by atoms with Gasteiger partial charge in [0.05, 0.1) is 17.8 Å². The fourth-order valence-corrected chi connectivity index (χ4v) is 3.65. The smallest absolute Gasteiger partial charge is 0.237 e. The largest absolute Gasteiger partial charge is 0.352 e. The normalized spacial score (nSPS) is 15.0. The summed E-state index contributed by atoms with van der Waals surface area (Å²) in [5, 5.41) is 2.97. The summed E-state index contributed by atoms with van der Waals surface area (Å²) in [4.78, 5) is 31.1. The predicted molar refractivity (Wildman–Crippen MR) is 94.0 cm³/mol. The number of nitrogens with zero attached hydrogens (tertiary/aromatic N) is 3. The van der Waals surface area contributed by atoms with Crippen LogP contribution < -0.4 is 10.2 Å². The Bertz CT molecular complexity index is 717. The van der Waals surface area contributed by atoms with E-state index in [9.17, 15) is 9.59 Å². The van der Waals surface area contributed by atoms with Crippen LogP contribution in [-0.4, -0.2) is 39.7 Å². The summed E-state index contributed by atoms with van der Waals surface area (Å²) in [6.45, 7) is 3.03. The van der Waals surface area contributed by atoms with Gasteiger partial charge in [0, 0.05) is 42.8 Å². The third-order valence-electron chi connectivity index (χ3n) is 3.82. The number of rotatable bonds is 6. The van der Waals surface area contributed by atoms with Gasteiger partial charge >= 0.3 is 0 Å². The number of hydrogen-bond donors (Lipinski definition) is 1.